The quantitative estimate of drug-likeness (QED) is 0.508. The van der Waals surface area contributed by atoms with Crippen LogP contribution in [0.1, 0.15) is 11.9 Å². The molecule has 27 heavy (non-hydrogen) atoms. The predicted molar refractivity (Wildman–Crippen MR) is 102 cm³/mol. The van der Waals surface area contributed by atoms with Gasteiger partial charge in [0, 0.05) is 22.1 Å². The Morgan fingerprint density at radius 3 is 2.52 bits per heavy atom. The standard InChI is InChI=1S/C20H15N3O3S/c1-2-18-21-15(10-27-18)12-3-5-13(6-4-12)19-22-20(26-23-19)14-7-8-16-17(9-14)25-11-24-16/h3-10H,2,11H2,1H3. The third kappa shape index (κ3) is 2.96. The van der Waals surface area contributed by atoms with Gasteiger partial charge in [0.15, 0.2) is 11.5 Å². The highest BCUT2D eigenvalue weighted by Gasteiger charge is 2.17. The maximum absolute atomic E-state index is 5.43. The zero-order valence-electron chi connectivity index (χ0n) is 14.5. The van der Waals surface area contributed by atoms with Crippen molar-refractivity contribution in [2.75, 3.05) is 6.79 Å². The summed E-state index contributed by atoms with van der Waals surface area (Å²) in [6, 6.07) is 13.6. The average Bonchev–Trinajstić information content (AvgIpc) is 3.47. The number of benzene rings is 2. The fourth-order valence-corrected chi connectivity index (χ4v) is 3.64. The maximum atomic E-state index is 5.43. The topological polar surface area (TPSA) is 70.3 Å². The Balaban J connectivity index is 1.41. The van der Waals surface area contributed by atoms with E-state index in [1.54, 1.807) is 11.3 Å². The SMILES string of the molecule is CCc1nc(-c2ccc(-c3noc(-c4ccc5c(c4)OCO5)n3)cc2)cs1. The first-order valence-corrected chi connectivity index (χ1v) is 9.47. The van der Waals surface area contributed by atoms with E-state index in [4.69, 9.17) is 14.0 Å². The molecule has 7 heteroatoms. The number of fused-ring (bicyclic) bond motifs is 1. The van der Waals surface area contributed by atoms with Gasteiger partial charge in [0.1, 0.15) is 0 Å². The molecule has 0 fully saturated rings. The molecule has 1 aliphatic heterocycles. The molecule has 2 aromatic heterocycles. The number of aryl methyl sites for hydroxylation is 1. The molecule has 0 spiro atoms. The molecule has 0 radical (unpaired) electrons. The number of nitrogens with zero attached hydrogens (tertiary/aromatic N) is 3. The van der Waals surface area contributed by atoms with E-state index in [0.29, 0.717) is 17.5 Å². The maximum Gasteiger partial charge on any atom is 0.258 e. The number of hydrogen-bond donors (Lipinski definition) is 0. The Morgan fingerprint density at radius 1 is 0.926 bits per heavy atom. The number of thiazole rings is 1. The first-order chi connectivity index (χ1) is 13.3. The molecule has 0 N–H and O–H groups in total. The zero-order chi connectivity index (χ0) is 18.2. The van der Waals surface area contributed by atoms with Crippen LogP contribution in [0, 0.1) is 0 Å². The molecule has 5 rings (SSSR count). The van der Waals surface area contributed by atoms with Crippen molar-refractivity contribution < 1.29 is 14.0 Å². The molecule has 0 unspecified atom stereocenters. The minimum absolute atomic E-state index is 0.235. The molecule has 134 valence electrons. The molecule has 3 heterocycles. The van der Waals surface area contributed by atoms with Crippen LogP contribution in [0.2, 0.25) is 0 Å². The largest absolute Gasteiger partial charge is 0.454 e. The highest BCUT2D eigenvalue weighted by molar-refractivity contribution is 7.09. The minimum Gasteiger partial charge on any atom is -0.454 e. The van der Waals surface area contributed by atoms with Crippen molar-refractivity contribution in [2.24, 2.45) is 0 Å². The van der Waals surface area contributed by atoms with Crippen LogP contribution in [-0.2, 0) is 6.42 Å². The minimum atomic E-state index is 0.235. The summed E-state index contributed by atoms with van der Waals surface area (Å²) in [6.07, 6.45) is 0.953. The van der Waals surface area contributed by atoms with E-state index < -0.39 is 0 Å². The van der Waals surface area contributed by atoms with Crippen LogP contribution in [0.4, 0.5) is 0 Å². The highest BCUT2D eigenvalue weighted by Crippen LogP contribution is 2.36. The molecule has 0 atom stereocenters. The van der Waals surface area contributed by atoms with Crippen LogP contribution in [-0.4, -0.2) is 21.9 Å². The van der Waals surface area contributed by atoms with Gasteiger partial charge in [-0.25, -0.2) is 4.98 Å². The molecule has 1 aliphatic rings. The van der Waals surface area contributed by atoms with Crippen LogP contribution in [0.25, 0.3) is 34.1 Å². The van der Waals surface area contributed by atoms with Crippen molar-refractivity contribution in [1.82, 2.24) is 15.1 Å². The predicted octanol–water partition coefficient (Wildman–Crippen LogP) is 4.82. The normalized spacial score (nSPS) is 12.5. The molecule has 0 saturated carbocycles. The van der Waals surface area contributed by atoms with Gasteiger partial charge in [0.25, 0.3) is 5.89 Å². The Labute approximate surface area is 159 Å². The first kappa shape index (κ1) is 16.0. The summed E-state index contributed by atoms with van der Waals surface area (Å²) >= 11 is 1.68. The summed E-state index contributed by atoms with van der Waals surface area (Å²) in [5, 5.41) is 7.33. The summed E-state index contributed by atoms with van der Waals surface area (Å²) < 4.78 is 16.2. The molecule has 0 bridgehead atoms. The Morgan fingerprint density at radius 2 is 1.70 bits per heavy atom. The summed E-state index contributed by atoms with van der Waals surface area (Å²) in [7, 11) is 0. The first-order valence-electron chi connectivity index (χ1n) is 8.59. The lowest BCUT2D eigenvalue weighted by molar-refractivity contribution is 0.174. The number of rotatable bonds is 4. The number of hydrogen-bond acceptors (Lipinski definition) is 7. The van der Waals surface area contributed by atoms with E-state index in [0.717, 1.165) is 39.6 Å². The zero-order valence-corrected chi connectivity index (χ0v) is 15.3. The van der Waals surface area contributed by atoms with E-state index >= 15 is 0 Å². The van der Waals surface area contributed by atoms with E-state index in [2.05, 4.69) is 27.4 Å². The van der Waals surface area contributed by atoms with Gasteiger partial charge in [-0.05, 0) is 24.6 Å². The monoisotopic (exact) mass is 377 g/mol. The fourth-order valence-electron chi connectivity index (χ4n) is 2.88. The van der Waals surface area contributed by atoms with Crippen LogP contribution >= 0.6 is 11.3 Å². The smallest absolute Gasteiger partial charge is 0.258 e. The van der Waals surface area contributed by atoms with Crippen LogP contribution < -0.4 is 9.47 Å². The molecular formula is C20H15N3O3S. The second kappa shape index (κ2) is 6.51. The van der Waals surface area contributed by atoms with Crippen molar-refractivity contribution in [2.45, 2.75) is 13.3 Å². The summed E-state index contributed by atoms with van der Waals surface area (Å²) in [5.74, 6) is 2.40. The van der Waals surface area contributed by atoms with Crippen molar-refractivity contribution in [3.63, 3.8) is 0 Å². The van der Waals surface area contributed by atoms with Gasteiger partial charge in [-0.1, -0.05) is 36.3 Å². The molecule has 6 nitrogen and oxygen atoms in total. The van der Waals surface area contributed by atoms with Crippen molar-refractivity contribution in [3.8, 4) is 45.6 Å². The second-order valence-corrected chi connectivity index (χ2v) is 6.99. The molecule has 2 aromatic carbocycles. The summed E-state index contributed by atoms with van der Waals surface area (Å²) in [6.45, 7) is 2.35. The third-order valence-corrected chi connectivity index (χ3v) is 5.33. The molecule has 0 aliphatic carbocycles. The highest BCUT2D eigenvalue weighted by atomic mass is 32.1. The third-order valence-electron chi connectivity index (χ3n) is 4.34. The lowest BCUT2D eigenvalue weighted by atomic mass is 10.1. The van der Waals surface area contributed by atoms with E-state index in [-0.39, 0.29) is 6.79 Å². The Kier molecular flexibility index (Phi) is 3.86. The number of ether oxygens (including phenoxy) is 2. The van der Waals surface area contributed by atoms with Crippen molar-refractivity contribution in [3.05, 3.63) is 52.9 Å². The molecule has 4 aromatic rings. The second-order valence-electron chi connectivity index (χ2n) is 6.05. The van der Waals surface area contributed by atoms with Gasteiger partial charge >= 0.3 is 0 Å². The van der Waals surface area contributed by atoms with Crippen molar-refractivity contribution >= 4 is 11.3 Å². The van der Waals surface area contributed by atoms with Gasteiger partial charge in [0.2, 0.25) is 12.6 Å². The van der Waals surface area contributed by atoms with Crippen molar-refractivity contribution in [1.29, 1.82) is 0 Å². The van der Waals surface area contributed by atoms with Gasteiger partial charge in [-0.2, -0.15) is 4.98 Å². The molecule has 0 saturated heterocycles. The Hall–Kier alpha value is -3.19. The summed E-state index contributed by atoms with van der Waals surface area (Å²) in [4.78, 5) is 9.13. The van der Waals surface area contributed by atoms with Crippen LogP contribution in [0.5, 0.6) is 11.5 Å². The lowest BCUT2D eigenvalue weighted by Crippen LogP contribution is -1.92. The van der Waals surface area contributed by atoms with E-state index in [9.17, 15) is 0 Å². The van der Waals surface area contributed by atoms with E-state index in [1.807, 2.05) is 42.5 Å². The molecule has 0 amide bonds. The van der Waals surface area contributed by atoms with Gasteiger partial charge < -0.3 is 14.0 Å². The number of aromatic nitrogens is 3. The van der Waals surface area contributed by atoms with Gasteiger partial charge in [-0.15, -0.1) is 11.3 Å². The molecular weight excluding hydrogens is 362 g/mol. The van der Waals surface area contributed by atoms with Gasteiger partial charge in [-0.3, -0.25) is 0 Å². The fraction of sp³-hybridized carbons (Fsp3) is 0.150. The van der Waals surface area contributed by atoms with Gasteiger partial charge in [0.05, 0.1) is 10.7 Å². The van der Waals surface area contributed by atoms with Crippen LogP contribution in [0.3, 0.4) is 0 Å². The Bertz CT molecular complexity index is 1100. The summed E-state index contributed by atoms with van der Waals surface area (Å²) in [5.41, 5.74) is 3.76. The lowest BCUT2D eigenvalue weighted by Gasteiger charge is -1.99. The van der Waals surface area contributed by atoms with E-state index in [1.165, 1.54) is 0 Å². The average molecular weight is 377 g/mol. The van der Waals surface area contributed by atoms with Crippen LogP contribution in [0.15, 0.2) is 52.4 Å².